The van der Waals surface area contributed by atoms with Gasteiger partial charge in [0.1, 0.15) is 0 Å². The van der Waals surface area contributed by atoms with Gasteiger partial charge in [0.15, 0.2) is 0 Å². The first-order valence-corrected chi connectivity index (χ1v) is 12.5. The molecule has 3 aromatic carbocycles. The number of carbonyl (C=O) groups excluding carboxylic acids is 1. The third kappa shape index (κ3) is 4.60. The van der Waals surface area contributed by atoms with Crippen LogP contribution in [0.15, 0.2) is 71.5 Å². The number of amides is 1. The maximum absolute atomic E-state index is 12.8. The highest BCUT2D eigenvalue weighted by Gasteiger charge is 2.19. The molecule has 0 bridgehead atoms. The second-order valence-corrected chi connectivity index (χ2v) is 10.3. The predicted molar refractivity (Wildman–Crippen MR) is 135 cm³/mol. The fourth-order valence-corrected chi connectivity index (χ4v) is 4.71. The molecule has 0 radical (unpaired) electrons. The number of fused-ring (bicyclic) bond motifs is 1. The average molecular weight is 479 g/mol. The zero-order chi connectivity index (χ0) is 24.6. The van der Waals surface area contributed by atoms with E-state index in [4.69, 9.17) is 0 Å². The van der Waals surface area contributed by atoms with Crippen molar-refractivity contribution in [3.8, 4) is 0 Å². The Morgan fingerprint density at radius 2 is 1.53 bits per heavy atom. The van der Waals surface area contributed by atoms with Crippen molar-refractivity contribution in [3.05, 3.63) is 93.9 Å². The van der Waals surface area contributed by atoms with Crippen LogP contribution >= 0.6 is 0 Å². The average Bonchev–Trinajstić information content (AvgIpc) is 3.01. The summed E-state index contributed by atoms with van der Waals surface area (Å²) in [6.45, 7) is 2.17. The minimum atomic E-state index is -3.53. The number of aromatic nitrogens is 2. The van der Waals surface area contributed by atoms with Crippen LogP contribution in [-0.4, -0.2) is 29.7 Å². The Hall–Kier alpha value is -3.85. The van der Waals surface area contributed by atoms with Gasteiger partial charge in [-0.15, -0.1) is 0 Å². The van der Waals surface area contributed by atoms with Crippen LogP contribution in [0.3, 0.4) is 0 Å². The Bertz CT molecular complexity index is 1530. The number of hydrogen-bond acceptors (Lipinski definition) is 4. The lowest BCUT2D eigenvalue weighted by atomic mass is 10.1. The maximum Gasteiger partial charge on any atom is 0.328 e. The van der Waals surface area contributed by atoms with Gasteiger partial charge >= 0.3 is 5.69 Å². The lowest BCUT2D eigenvalue weighted by Gasteiger charge is -2.23. The Morgan fingerprint density at radius 3 is 2.15 bits per heavy atom. The molecule has 9 heteroatoms. The molecule has 4 aromatic rings. The molecule has 0 unspecified atom stereocenters. The first-order valence-electron chi connectivity index (χ1n) is 10.6. The largest absolute Gasteiger partial charge is 0.328 e. The van der Waals surface area contributed by atoms with Crippen LogP contribution in [0.4, 0.5) is 11.4 Å². The topological polar surface area (TPSA) is 93.4 Å². The number of rotatable bonds is 6. The standard InChI is InChI=1S/C25H26N4O4S/c1-17-5-7-18(8-6-17)16-29(34(4,32)33)21-12-9-19(10-13-21)24(30)26-20-11-14-22-23(15-20)28(3)25(31)27(22)2/h5-15H,16H2,1-4H3,(H,26,30). The molecule has 0 spiro atoms. The van der Waals surface area contributed by atoms with E-state index in [0.29, 0.717) is 22.5 Å². The van der Waals surface area contributed by atoms with Crippen molar-refractivity contribution in [2.45, 2.75) is 13.5 Å². The number of benzene rings is 3. The maximum atomic E-state index is 12.8. The zero-order valence-corrected chi connectivity index (χ0v) is 20.3. The number of anilines is 2. The van der Waals surface area contributed by atoms with Crippen molar-refractivity contribution in [2.75, 3.05) is 15.9 Å². The number of nitrogens with zero attached hydrogens (tertiary/aromatic N) is 3. The van der Waals surface area contributed by atoms with Crippen molar-refractivity contribution >= 4 is 38.3 Å². The van der Waals surface area contributed by atoms with E-state index in [9.17, 15) is 18.0 Å². The molecule has 1 N–H and O–H groups in total. The molecular formula is C25H26N4O4S. The molecule has 34 heavy (non-hydrogen) atoms. The first-order chi connectivity index (χ1) is 16.0. The van der Waals surface area contributed by atoms with Gasteiger partial charge < -0.3 is 5.32 Å². The van der Waals surface area contributed by atoms with E-state index in [1.54, 1.807) is 61.1 Å². The summed E-state index contributed by atoms with van der Waals surface area (Å²) in [6.07, 6.45) is 1.16. The molecule has 4 rings (SSSR count). The van der Waals surface area contributed by atoms with E-state index in [0.717, 1.165) is 22.9 Å². The number of nitrogens with one attached hydrogen (secondary N) is 1. The van der Waals surface area contributed by atoms with Gasteiger partial charge in [0, 0.05) is 25.3 Å². The summed E-state index contributed by atoms with van der Waals surface area (Å²) in [5.74, 6) is -0.337. The quantitative estimate of drug-likeness (QED) is 0.460. The van der Waals surface area contributed by atoms with Crippen LogP contribution in [0.25, 0.3) is 11.0 Å². The Kier molecular flexibility index (Phi) is 6.05. The van der Waals surface area contributed by atoms with Gasteiger partial charge in [-0.25, -0.2) is 13.2 Å². The predicted octanol–water partition coefficient (Wildman–Crippen LogP) is 3.40. The van der Waals surface area contributed by atoms with E-state index in [1.807, 2.05) is 31.2 Å². The highest BCUT2D eigenvalue weighted by atomic mass is 32.2. The van der Waals surface area contributed by atoms with Gasteiger partial charge in [0.05, 0.1) is 29.5 Å². The molecule has 0 saturated carbocycles. The van der Waals surface area contributed by atoms with E-state index < -0.39 is 10.0 Å². The molecule has 0 atom stereocenters. The second-order valence-electron chi connectivity index (χ2n) is 8.36. The summed E-state index contributed by atoms with van der Waals surface area (Å²) in [5, 5.41) is 2.83. The molecule has 176 valence electrons. The molecule has 8 nitrogen and oxygen atoms in total. The van der Waals surface area contributed by atoms with Gasteiger partial charge in [0.25, 0.3) is 5.91 Å². The van der Waals surface area contributed by atoms with Crippen molar-refractivity contribution < 1.29 is 13.2 Å². The Morgan fingerprint density at radius 1 is 0.912 bits per heavy atom. The highest BCUT2D eigenvalue weighted by Crippen LogP contribution is 2.23. The molecule has 0 aliphatic rings. The fourth-order valence-electron chi connectivity index (χ4n) is 3.83. The number of hydrogen-bond donors (Lipinski definition) is 1. The second kappa shape index (κ2) is 8.83. The van der Waals surface area contributed by atoms with Gasteiger partial charge in [-0.05, 0) is 55.0 Å². The van der Waals surface area contributed by atoms with Gasteiger partial charge in [-0.2, -0.15) is 0 Å². The summed E-state index contributed by atoms with van der Waals surface area (Å²) >= 11 is 0. The van der Waals surface area contributed by atoms with Crippen molar-refractivity contribution in [2.24, 2.45) is 14.1 Å². The number of imidazole rings is 1. The smallest absolute Gasteiger partial charge is 0.322 e. The molecule has 0 aliphatic heterocycles. The van der Waals surface area contributed by atoms with Crippen molar-refractivity contribution in [1.29, 1.82) is 0 Å². The molecular weight excluding hydrogens is 452 g/mol. The van der Waals surface area contributed by atoms with Crippen LogP contribution in [0, 0.1) is 6.92 Å². The zero-order valence-electron chi connectivity index (χ0n) is 19.4. The molecule has 1 amide bonds. The van der Waals surface area contributed by atoms with E-state index in [1.165, 1.54) is 8.87 Å². The first kappa shape index (κ1) is 23.3. The molecule has 1 heterocycles. The number of carbonyl (C=O) groups is 1. The van der Waals surface area contributed by atoms with Crippen molar-refractivity contribution in [1.82, 2.24) is 9.13 Å². The lowest BCUT2D eigenvalue weighted by molar-refractivity contribution is 0.102. The van der Waals surface area contributed by atoms with Crippen LogP contribution in [0.1, 0.15) is 21.5 Å². The summed E-state index contributed by atoms with van der Waals surface area (Å²) in [7, 11) is -0.154. The SMILES string of the molecule is Cc1ccc(CN(c2ccc(C(=O)Nc3ccc4c(c3)n(C)c(=O)n4C)cc2)S(C)(=O)=O)cc1. The lowest BCUT2D eigenvalue weighted by Crippen LogP contribution is -2.29. The fraction of sp³-hybridized carbons (Fsp3) is 0.200. The van der Waals surface area contributed by atoms with Crippen molar-refractivity contribution in [3.63, 3.8) is 0 Å². The summed E-state index contributed by atoms with van der Waals surface area (Å²) in [4.78, 5) is 24.9. The monoisotopic (exact) mass is 478 g/mol. The third-order valence-electron chi connectivity index (χ3n) is 5.79. The highest BCUT2D eigenvalue weighted by molar-refractivity contribution is 7.92. The van der Waals surface area contributed by atoms with E-state index in [-0.39, 0.29) is 18.1 Å². The third-order valence-corrected chi connectivity index (χ3v) is 6.94. The normalized spacial score (nSPS) is 11.5. The Balaban J connectivity index is 1.55. The molecule has 0 aliphatic carbocycles. The number of sulfonamides is 1. The summed E-state index contributed by atoms with van der Waals surface area (Å²) in [6, 6.07) is 19.4. The summed E-state index contributed by atoms with van der Waals surface area (Å²) in [5.41, 5.74) is 4.71. The van der Waals surface area contributed by atoms with E-state index in [2.05, 4.69) is 5.32 Å². The number of aryl methyl sites for hydroxylation is 3. The minimum Gasteiger partial charge on any atom is -0.322 e. The molecule has 0 saturated heterocycles. The summed E-state index contributed by atoms with van der Waals surface area (Å²) < 4.78 is 29.3. The van der Waals surface area contributed by atoms with Crippen LogP contribution in [-0.2, 0) is 30.7 Å². The van der Waals surface area contributed by atoms with Crippen LogP contribution < -0.4 is 15.3 Å². The molecule has 0 fully saturated rings. The minimum absolute atomic E-state index is 0.143. The van der Waals surface area contributed by atoms with E-state index >= 15 is 0 Å². The van der Waals surface area contributed by atoms with Crippen LogP contribution in [0.5, 0.6) is 0 Å². The van der Waals surface area contributed by atoms with Gasteiger partial charge in [-0.3, -0.25) is 18.2 Å². The van der Waals surface area contributed by atoms with Crippen LogP contribution in [0.2, 0.25) is 0 Å². The Labute approximate surface area is 198 Å². The van der Waals surface area contributed by atoms with Gasteiger partial charge in [0.2, 0.25) is 10.0 Å². The van der Waals surface area contributed by atoms with Gasteiger partial charge in [-0.1, -0.05) is 29.8 Å². The molecule has 1 aromatic heterocycles.